The van der Waals surface area contributed by atoms with Crippen LogP contribution in [0, 0.1) is 0 Å². The number of phenols is 1. The van der Waals surface area contributed by atoms with Crippen molar-refractivity contribution in [3.8, 4) is 5.75 Å². The maximum atomic E-state index is 9.37. The van der Waals surface area contributed by atoms with E-state index in [1.54, 1.807) is 12.1 Å². The van der Waals surface area contributed by atoms with Crippen LogP contribution in [0.25, 0.3) is 0 Å². The number of halogens is 1. The van der Waals surface area contributed by atoms with Crippen LogP contribution in [0.4, 0.5) is 5.69 Å². The summed E-state index contributed by atoms with van der Waals surface area (Å²) in [5.41, 5.74) is 0.959. The standard InChI is InChI=1S/C14H21ClN2O/c1-10(8-11-4-2-3-7-16-11)17-12-5-6-14(18)13(15)9-12/h5-6,9-11,16-18H,2-4,7-8H2,1H3. The van der Waals surface area contributed by atoms with Gasteiger partial charge in [0, 0.05) is 17.8 Å². The summed E-state index contributed by atoms with van der Waals surface area (Å²) < 4.78 is 0. The number of phenolic OH excluding ortho intramolecular Hbond substituents is 1. The van der Waals surface area contributed by atoms with Gasteiger partial charge in [0.2, 0.25) is 0 Å². The molecule has 1 fully saturated rings. The first-order valence-electron chi connectivity index (χ1n) is 6.63. The first-order chi connectivity index (χ1) is 8.65. The summed E-state index contributed by atoms with van der Waals surface area (Å²) in [6.07, 6.45) is 5.00. The Balaban J connectivity index is 1.85. The molecular weight excluding hydrogens is 248 g/mol. The van der Waals surface area contributed by atoms with Crippen molar-refractivity contribution in [3.05, 3.63) is 23.2 Å². The molecule has 0 saturated carbocycles. The molecule has 18 heavy (non-hydrogen) atoms. The first kappa shape index (κ1) is 13.5. The third-order valence-electron chi connectivity index (χ3n) is 3.41. The number of rotatable bonds is 4. The second-order valence-electron chi connectivity index (χ2n) is 5.09. The molecule has 2 unspecified atom stereocenters. The van der Waals surface area contributed by atoms with Crippen LogP contribution in [-0.4, -0.2) is 23.7 Å². The predicted molar refractivity (Wildman–Crippen MR) is 76.5 cm³/mol. The average Bonchev–Trinajstić information content (AvgIpc) is 2.35. The number of anilines is 1. The van der Waals surface area contributed by atoms with Gasteiger partial charge in [0.25, 0.3) is 0 Å². The highest BCUT2D eigenvalue weighted by atomic mass is 35.5. The summed E-state index contributed by atoms with van der Waals surface area (Å²) in [5.74, 6) is 0.129. The molecule has 100 valence electrons. The summed E-state index contributed by atoms with van der Waals surface area (Å²) in [7, 11) is 0. The topological polar surface area (TPSA) is 44.3 Å². The van der Waals surface area contributed by atoms with Gasteiger partial charge in [-0.2, -0.15) is 0 Å². The molecule has 0 aliphatic carbocycles. The summed E-state index contributed by atoms with van der Waals surface area (Å²) in [6.45, 7) is 3.32. The van der Waals surface area contributed by atoms with Crippen molar-refractivity contribution in [2.75, 3.05) is 11.9 Å². The molecule has 0 amide bonds. The van der Waals surface area contributed by atoms with E-state index in [0.29, 0.717) is 17.1 Å². The monoisotopic (exact) mass is 268 g/mol. The summed E-state index contributed by atoms with van der Waals surface area (Å²) in [5, 5.41) is 16.7. The number of hydrogen-bond donors (Lipinski definition) is 3. The lowest BCUT2D eigenvalue weighted by Crippen LogP contribution is -2.37. The van der Waals surface area contributed by atoms with Crippen LogP contribution in [0.15, 0.2) is 18.2 Å². The molecule has 0 spiro atoms. The van der Waals surface area contributed by atoms with E-state index in [1.807, 2.05) is 6.07 Å². The van der Waals surface area contributed by atoms with Gasteiger partial charge in [0.15, 0.2) is 0 Å². The van der Waals surface area contributed by atoms with Crippen LogP contribution in [0.5, 0.6) is 5.75 Å². The molecule has 1 aromatic rings. The average molecular weight is 269 g/mol. The van der Waals surface area contributed by atoms with E-state index in [2.05, 4.69) is 17.6 Å². The van der Waals surface area contributed by atoms with Gasteiger partial charge in [-0.1, -0.05) is 18.0 Å². The normalized spacial score (nSPS) is 21.6. The number of nitrogens with one attached hydrogen (secondary N) is 2. The zero-order valence-corrected chi connectivity index (χ0v) is 11.5. The highest BCUT2D eigenvalue weighted by molar-refractivity contribution is 6.32. The number of hydrogen-bond acceptors (Lipinski definition) is 3. The Labute approximate surface area is 114 Å². The van der Waals surface area contributed by atoms with E-state index in [0.717, 1.165) is 18.7 Å². The van der Waals surface area contributed by atoms with Crippen LogP contribution in [0.3, 0.4) is 0 Å². The molecule has 2 rings (SSSR count). The minimum atomic E-state index is 0.129. The van der Waals surface area contributed by atoms with Gasteiger partial charge in [-0.05, 0) is 50.9 Å². The van der Waals surface area contributed by atoms with Crippen molar-refractivity contribution in [3.63, 3.8) is 0 Å². The Bertz CT molecular complexity index is 391. The summed E-state index contributed by atoms with van der Waals surface area (Å²) in [4.78, 5) is 0. The van der Waals surface area contributed by atoms with Crippen LogP contribution in [0.1, 0.15) is 32.6 Å². The molecule has 1 heterocycles. The van der Waals surface area contributed by atoms with E-state index in [9.17, 15) is 5.11 Å². The highest BCUT2D eigenvalue weighted by Crippen LogP contribution is 2.26. The fraction of sp³-hybridized carbons (Fsp3) is 0.571. The van der Waals surface area contributed by atoms with Crippen molar-refractivity contribution in [2.45, 2.75) is 44.7 Å². The minimum absolute atomic E-state index is 0.129. The molecule has 0 aromatic heterocycles. The van der Waals surface area contributed by atoms with Crippen molar-refractivity contribution in [1.82, 2.24) is 5.32 Å². The van der Waals surface area contributed by atoms with Crippen LogP contribution >= 0.6 is 11.6 Å². The molecule has 4 heteroatoms. The molecule has 2 atom stereocenters. The smallest absolute Gasteiger partial charge is 0.134 e. The molecule has 1 saturated heterocycles. The number of benzene rings is 1. The van der Waals surface area contributed by atoms with Crippen molar-refractivity contribution in [2.24, 2.45) is 0 Å². The van der Waals surface area contributed by atoms with Crippen LogP contribution in [-0.2, 0) is 0 Å². The Hall–Kier alpha value is -0.930. The van der Waals surface area contributed by atoms with E-state index in [1.165, 1.54) is 19.3 Å². The van der Waals surface area contributed by atoms with E-state index >= 15 is 0 Å². The lowest BCUT2D eigenvalue weighted by Gasteiger charge is -2.27. The zero-order valence-electron chi connectivity index (χ0n) is 10.7. The minimum Gasteiger partial charge on any atom is -0.506 e. The summed E-state index contributed by atoms with van der Waals surface area (Å²) in [6, 6.07) is 6.25. The fourth-order valence-electron chi connectivity index (χ4n) is 2.49. The second-order valence-corrected chi connectivity index (χ2v) is 5.50. The Kier molecular flexibility index (Phi) is 4.72. The Morgan fingerprint density at radius 2 is 2.33 bits per heavy atom. The zero-order chi connectivity index (χ0) is 13.0. The van der Waals surface area contributed by atoms with Gasteiger partial charge in [-0.3, -0.25) is 0 Å². The summed E-state index contributed by atoms with van der Waals surface area (Å²) >= 11 is 5.89. The SMILES string of the molecule is CC(CC1CCCCN1)Nc1ccc(O)c(Cl)c1. The molecule has 0 radical (unpaired) electrons. The number of piperidine rings is 1. The van der Waals surface area contributed by atoms with Gasteiger partial charge in [0.1, 0.15) is 5.75 Å². The van der Waals surface area contributed by atoms with E-state index in [4.69, 9.17) is 11.6 Å². The van der Waals surface area contributed by atoms with Gasteiger partial charge in [-0.15, -0.1) is 0 Å². The second kappa shape index (κ2) is 6.30. The molecular formula is C14H21ClN2O. The lowest BCUT2D eigenvalue weighted by molar-refractivity contribution is 0.371. The molecule has 1 aliphatic heterocycles. The highest BCUT2D eigenvalue weighted by Gasteiger charge is 2.15. The lowest BCUT2D eigenvalue weighted by atomic mass is 9.99. The van der Waals surface area contributed by atoms with Crippen molar-refractivity contribution < 1.29 is 5.11 Å². The predicted octanol–water partition coefficient (Wildman–Crippen LogP) is 3.38. The quantitative estimate of drug-likeness (QED) is 0.734. The van der Waals surface area contributed by atoms with Gasteiger partial charge >= 0.3 is 0 Å². The number of aromatic hydroxyl groups is 1. The maximum Gasteiger partial charge on any atom is 0.134 e. The van der Waals surface area contributed by atoms with Gasteiger partial charge in [-0.25, -0.2) is 0 Å². The van der Waals surface area contributed by atoms with Crippen LogP contribution < -0.4 is 10.6 Å². The van der Waals surface area contributed by atoms with E-state index < -0.39 is 0 Å². The van der Waals surface area contributed by atoms with Gasteiger partial charge in [0.05, 0.1) is 5.02 Å². The molecule has 3 N–H and O–H groups in total. The maximum absolute atomic E-state index is 9.37. The first-order valence-corrected chi connectivity index (χ1v) is 7.01. The van der Waals surface area contributed by atoms with Gasteiger partial charge < -0.3 is 15.7 Å². The Morgan fingerprint density at radius 1 is 1.50 bits per heavy atom. The third-order valence-corrected chi connectivity index (χ3v) is 3.71. The Morgan fingerprint density at radius 3 is 3.00 bits per heavy atom. The largest absolute Gasteiger partial charge is 0.506 e. The fourth-order valence-corrected chi connectivity index (χ4v) is 2.67. The third kappa shape index (κ3) is 3.79. The van der Waals surface area contributed by atoms with Crippen molar-refractivity contribution >= 4 is 17.3 Å². The molecule has 1 aromatic carbocycles. The van der Waals surface area contributed by atoms with Crippen molar-refractivity contribution in [1.29, 1.82) is 0 Å². The van der Waals surface area contributed by atoms with Crippen LogP contribution in [0.2, 0.25) is 5.02 Å². The molecule has 1 aliphatic rings. The van der Waals surface area contributed by atoms with E-state index in [-0.39, 0.29) is 5.75 Å². The molecule has 0 bridgehead atoms. The molecule has 3 nitrogen and oxygen atoms in total.